The second kappa shape index (κ2) is 7.47. The molecule has 0 aliphatic rings. The van der Waals surface area contributed by atoms with Crippen molar-refractivity contribution in [1.29, 1.82) is 0 Å². The van der Waals surface area contributed by atoms with E-state index in [1.807, 2.05) is 30.5 Å². The smallest absolute Gasteiger partial charge is 0.262 e. The summed E-state index contributed by atoms with van der Waals surface area (Å²) >= 11 is 4.78. The molecule has 0 aliphatic heterocycles. The number of amides is 1. The summed E-state index contributed by atoms with van der Waals surface area (Å²) < 4.78 is 18.8. The van der Waals surface area contributed by atoms with Crippen molar-refractivity contribution in [3.8, 4) is 5.75 Å². The van der Waals surface area contributed by atoms with Gasteiger partial charge in [0.25, 0.3) is 5.91 Å². The van der Waals surface area contributed by atoms with Gasteiger partial charge in [0.05, 0.1) is 4.47 Å². The molecular formula is C15H13BrFNO2S. The lowest BCUT2D eigenvalue weighted by atomic mass is 10.3. The van der Waals surface area contributed by atoms with E-state index in [1.165, 1.54) is 18.2 Å². The Morgan fingerprint density at radius 1 is 1.33 bits per heavy atom. The van der Waals surface area contributed by atoms with Crippen LogP contribution in [0.4, 0.5) is 10.1 Å². The Balaban J connectivity index is 1.92. The molecule has 0 aliphatic carbocycles. The molecule has 2 rings (SSSR count). The molecule has 0 saturated carbocycles. The van der Waals surface area contributed by atoms with Crippen LogP contribution in [0.5, 0.6) is 5.75 Å². The Morgan fingerprint density at radius 2 is 2.14 bits per heavy atom. The van der Waals surface area contributed by atoms with Gasteiger partial charge in [0.2, 0.25) is 0 Å². The summed E-state index contributed by atoms with van der Waals surface area (Å²) in [4.78, 5) is 12.9. The monoisotopic (exact) mass is 369 g/mol. The molecule has 1 amide bonds. The first-order valence-corrected chi connectivity index (χ1v) is 8.12. The summed E-state index contributed by atoms with van der Waals surface area (Å²) in [5, 5.41) is 2.75. The van der Waals surface area contributed by atoms with Crippen molar-refractivity contribution in [3.63, 3.8) is 0 Å². The minimum atomic E-state index is -0.368. The Morgan fingerprint density at radius 3 is 2.86 bits per heavy atom. The Hall–Kier alpha value is -1.53. The van der Waals surface area contributed by atoms with Crippen molar-refractivity contribution in [2.24, 2.45) is 0 Å². The van der Waals surface area contributed by atoms with Gasteiger partial charge >= 0.3 is 0 Å². The largest absolute Gasteiger partial charge is 0.483 e. The van der Waals surface area contributed by atoms with Crippen molar-refractivity contribution in [1.82, 2.24) is 0 Å². The molecule has 0 saturated heterocycles. The second-order valence-corrected chi connectivity index (χ2v) is 5.88. The number of carbonyl (C=O) groups excluding carboxylic acids is 1. The minimum absolute atomic E-state index is 0.145. The van der Waals surface area contributed by atoms with Crippen LogP contribution in [-0.4, -0.2) is 18.8 Å². The maximum atomic E-state index is 12.9. The van der Waals surface area contributed by atoms with E-state index in [4.69, 9.17) is 4.74 Å². The summed E-state index contributed by atoms with van der Waals surface area (Å²) in [6.07, 6.45) is 1.97. The average Bonchev–Trinajstić information content (AvgIpc) is 2.46. The number of hydrogen-bond acceptors (Lipinski definition) is 3. The SMILES string of the molecule is CSc1cccc(NC(=O)COc2ccc(F)cc2Br)c1. The molecular weight excluding hydrogens is 357 g/mol. The van der Waals surface area contributed by atoms with Crippen molar-refractivity contribution in [2.45, 2.75) is 4.90 Å². The van der Waals surface area contributed by atoms with E-state index in [2.05, 4.69) is 21.2 Å². The maximum Gasteiger partial charge on any atom is 0.262 e. The zero-order valence-electron chi connectivity index (χ0n) is 11.2. The average molecular weight is 370 g/mol. The molecule has 0 unspecified atom stereocenters. The zero-order valence-corrected chi connectivity index (χ0v) is 13.6. The maximum absolute atomic E-state index is 12.9. The van der Waals surface area contributed by atoms with Gasteiger partial charge < -0.3 is 10.1 Å². The van der Waals surface area contributed by atoms with Gasteiger partial charge in [0, 0.05) is 10.6 Å². The summed E-state index contributed by atoms with van der Waals surface area (Å²) in [6, 6.07) is 11.6. The van der Waals surface area contributed by atoms with E-state index in [9.17, 15) is 9.18 Å². The van der Waals surface area contributed by atoms with Crippen LogP contribution in [0.25, 0.3) is 0 Å². The van der Waals surface area contributed by atoms with Crippen molar-refractivity contribution in [2.75, 3.05) is 18.2 Å². The topological polar surface area (TPSA) is 38.3 Å². The fourth-order valence-electron chi connectivity index (χ4n) is 1.63. The molecule has 0 bridgehead atoms. The third kappa shape index (κ3) is 4.75. The number of rotatable bonds is 5. The molecule has 3 nitrogen and oxygen atoms in total. The first kappa shape index (κ1) is 15.9. The van der Waals surface area contributed by atoms with E-state index in [0.29, 0.717) is 15.9 Å². The van der Waals surface area contributed by atoms with Crippen LogP contribution in [-0.2, 0) is 4.79 Å². The van der Waals surface area contributed by atoms with E-state index in [-0.39, 0.29) is 18.3 Å². The van der Waals surface area contributed by atoms with Crippen LogP contribution in [0.1, 0.15) is 0 Å². The van der Waals surface area contributed by atoms with Crippen LogP contribution in [0, 0.1) is 5.82 Å². The van der Waals surface area contributed by atoms with Crippen LogP contribution in [0.3, 0.4) is 0 Å². The molecule has 0 atom stereocenters. The van der Waals surface area contributed by atoms with Crippen LogP contribution >= 0.6 is 27.7 Å². The number of thioether (sulfide) groups is 1. The molecule has 0 spiro atoms. The molecule has 2 aromatic rings. The van der Waals surface area contributed by atoms with Crippen LogP contribution in [0.2, 0.25) is 0 Å². The Labute approximate surface area is 135 Å². The summed E-state index contributed by atoms with van der Waals surface area (Å²) in [5.74, 6) is -0.221. The fraction of sp³-hybridized carbons (Fsp3) is 0.133. The number of halogens is 2. The van der Waals surface area contributed by atoms with Gasteiger partial charge in [-0.2, -0.15) is 0 Å². The predicted molar refractivity (Wildman–Crippen MR) is 86.4 cm³/mol. The normalized spacial score (nSPS) is 10.2. The molecule has 110 valence electrons. The number of carbonyl (C=O) groups is 1. The highest BCUT2D eigenvalue weighted by Crippen LogP contribution is 2.25. The number of ether oxygens (including phenoxy) is 1. The fourth-order valence-corrected chi connectivity index (χ4v) is 2.56. The van der Waals surface area contributed by atoms with Crippen LogP contribution in [0.15, 0.2) is 51.8 Å². The Kier molecular flexibility index (Phi) is 5.64. The highest BCUT2D eigenvalue weighted by molar-refractivity contribution is 9.10. The van der Waals surface area contributed by atoms with Gasteiger partial charge in [-0.1, -0.05) is 6.07 Å². The summed E-state index contributed by atoms with van der Waals surface area (Å²) in [5.41, 5.74) is 0.716. The van der Waals surface area contributed by atoms with E-state index < -0.39 is 0 Å². The van der Waals surface area contributed by atoms with Gasteiger partial charge in [-0.15, -0.1) is 11.8 Å². The number of anilines is 1. The van der Waals surface area contributed by atoms with E-state index in [0.717, 1.165) is 4.90 Å². The standard InChI is InChI=1S/C15H13BrFNO2S/c1-21-12-4-2-3-11(8-12)18-15(19)9-20-14-6-5-10(17)7-13(14)16/h2-8H,9H2,1H3,(H,18,19). The van der Waals surface area contributed by atoms with Gasteiger partial charge in [0.15, 0.2) is 6.61 Å². The zero-order chi connectivity index (χ0) is 15.2. The lowest BCUT2D eigenvalue weighted by Gasteiger charge is -2.09. The van der Waals surface area contributed by atoms with Gasteiger partial charge in [-0.05, 0) is 58.6 Å². The molecule has 0 heterocycles. The van der Waals surface area contributed by atoms with Crippen molar-refractivity contribution < 1.29 is 13.9 Å². The first-order chi connectivity index (χ1) is 10.1. The van der Waals surface area contributed by atoms with E-state index >= 15 is 0 Å². The van der Waals surface area contributed by atoms with Gasteiger partial charge in [-0.25, -0.2) is 4.39 Å². The lowest BCUT2D eigenvalue weighted by Crippen LogP contribution is -2.20. The number of nitrogens with one attached hydrogen (secondary N) is 1. The second-order valence-electron chi connectivity index (χ2n) is 4.14. The van der Waals surface area contributed by atoms with Crippen molar-refractivity contribution in [3.05, 3.63) is 52.8 Å². The number of hydrogen-bond donors (Lipinski definition) is 1. The Bertz CT molecular complexity index is 651. The molecule has 1 N–H and O–H groups in total. The van der Waals surface area contributed by atoms with E-state index in [1.54, 1.807) is 11.8 Å². The molecule has 0 radical (unpaired) electrons. The molecule has 6 heteroatoms. The first-order valence-electron chi connectivity index (χ1n) is 6.10. The van der Waals surface area contributed by atoms with Gasteiger partial charge in [-0.3, -0.25) is 4.79 Å². The molecule has 21 heavy (non-hydrogen) atoms. The minimum Gasteiger partial charge on any atom is -0.483 e. The third-order valence-electron chi connectivity index (χ3n) is 2.61. The van der Waals surface area contributed by atoms with Gasteiger partial charge in [0.1, 0.15) is 11.6 Å². The highest BCUT2D eigenvalue weighted by atomic mass is 79.9. The van der Waals surface area contributed by atoms with Crippen molar-refractivity contribution >= 4 is 39.3 Å². The molecule has 2 aromatic carbocycles. The predicted octanol–water partition coefficient (Wildman–Crippen LogP) is 4.33. The quantitative estimate of drug-likeness (QED) is 0.797. The van der Waals surface area contributed by atoms with Crippen LogP contribution < -0.4 is 10.1 Å². The molecule has 0 fully saturated rings. The summed E-state index contributed by atoms with van der Waals surface area (Å²) in [6.45, 7) is -0.145. The highest BCUT2D eigenvalue weighted by Gasteiger charge is 2.07. The third-order valence-corrected chi connectivity index (χ3v) is 3.95. The summed E-state index contributed by atoms with van der Waals surface area (Å²) in [7, 11) is 0. The lowest BCUT2D eigenvalue weighted by molar-refractivity contribution is -0.118. The number of benzene rings is 2. The molecule has 0 aromatic heterocycles.